The van der Waals surface area contributed by atoms with Crippen molar-refractivity contribution in [1.29, 1.82) is 0 Å². The Morgan fingerprint density at radius 3 is 2.17 bits per heavy atom. The first-order valence-electron chi connectivity index (χ1n) is 6.53. The van der Waals surface area contributed by atoms with Crippen molar-refractivity contribution in [3.63, 3.8) is 0 Å². The SMILES string of the molecule is [N-]=[N+]=C(CCCN)CCCCCCC(F)(F)CN. The average Bonchev–Trinajstić information content (AvgIpc) is 2.37. The molecule has 4 N–H and O–H groups in total. The van der Waals surface area contributed by atoms with Crippen LogP contribution in [0.2, 0.25) is 0 Å². The van der Waals surface area contributed by atoms with Crippen molar-refractivity contribution in [2.45, 2.75) is 57.3 Å². The lowest BCUT2D eigenvalue weighted by Crippen LogP contribution is -2.27. The van der Waals surface area contributed by atoms with E-state index < -0.39 is 12.5 Å². The fourth-order valence-corrected chi connectivity index (χ4v) is 1.70. The van der Waals surface area contributed by atoms with E-state index in [-0.39, 0.29) is 6.42 Å². The molecule has 6 heteroatoms. The van der Waals surface area contributed by atoms with Gasteiger partial charge >= 0.3 is 0 Å². The zero-order valence-electron chi connectivity index (χ0n) is 10.9. The highest BCUT2D eigenvalue weighted by molar-refractivity contribution is 5.78. The molecule has 0 spiro atoms. The minimum Gasteiger partial charge on any atom is -0.362 e. The van der Waals surface area contributed by atoms with Crippen LogP contribution in [-0.2, 0) is 0 Å². The van der Waals surface area contributed by atoms with Crippen LogP contribution in [0, 0.1) is 0 Å². The van der Waals surface area contributed by atoms with Crippen LogP contribution in [-0.4, -0.2) is 29.5 Å². The van der Waals surface area contributed by atoms with Crippen LogP contribution in [0.3, 0.4) is 0 Å². The number of alkyl halides is 2. The minimum atomic E-state index is -2.72. The van der Waals surface area contributed by atoms with E-state index in [2.05, 4.69) is 4.79 Å². The second-order valence-electron chi connectivity index (χ2n) is 4.53. The number of nitrogens with two attached hydrogens (primary N) is 2. The normalized spacial score (nSPS) is 11.3. The fourth-order valence-electron chi connectivity index (χ4n) is 1.70. The monoisotopic (exact) mass is 262 g/mol. The van der Waals surface area contributed by atoms with Gasteiger partial charge in [0, 0.05) is 19.3 Å². The molecule has 0 amide bonds. The molecule has 4 nitrogen and oxygen atoms in total. The highest BCUT2D eigenvalue weighted by Gasteiger charge is 2.25. The highest BCUT2D eigenvalue weighted by atomic mass is 19.3. The summed E-state index contributed by atoms with van der Waals surface area (Å²) in [5.74, 6) is -2.72. The molecule has 106 valence electrons. The summed E-state index contributed by atoms with van der Waals surface area (Å²) in [6.07, 6.45) is 5.05. The zero-order chi connectivity index (χ0) is 13.9. The van der Waals surface area contributed by atoms with Gasteiger partial charge in [-0.2, -0.15) is 4.79 Å². The van der Waals surface area contributed by atoms with Gasteiger partial charge in [0.25, 0.3) is 11.6 Å². The molecule has 0 aliphatic rings. The lowest BCUT2D eigenvalue weighted by molar-refractivity contribution is -0.0119. The fraction of sp³-hybridized carbons (Fsp3) is 0.917. The largest absolute Gasteiger partial charge is 0.362 e. The van der Waals surface area contributed by atoms with Gasteiger partial charge in [-0.05, 0) is 25.8 Å². The number of rotatable bonds is 11. The maximum absolute atomic E-state index is 12.8. The van der Waals surface area contributed by atoms with Gasteiger partial charge in [-0.15, -0.1) is 0 Å². The molecular formula is C12H24F2N4. The number of halogens is 2. The maximum Gasteiger partial charge on any atom is 0.268 e. The quantitative estimate of drug-likeness (QED) is 0.259. The number of nitrogens with zero attached hydrogens (tertiary/aromatic N) is 2. The molecule has 18 heavy (non-hydrogen) atoms. The summed E-state index contributed by atoms with van der Waals surface area (Å²) >= 11 is 0. The lowest BCUT2D eigenvalue weighted by Gasteiger charge is -2.12. The van der Waals surface area contributed by atoms with E-state index in [0.717, 1.165) is 31.4 Å². The van der Waals surface area contributed by atoms with Crippen molar-refractivity contribution in [2.75, 3.05) is 13.1 Å². The molecule has 0 saturated carbocycles. The Morgan fingerprint density at radius 1 is 1.00 bits per heavy atom. The Morgan fingerprint density at radius 2 is 1.61 bits per heavy atom. The first-order chi connectivity index (χ1) is 8.55. The smallest absolute Gasteiger partial charge is 0.268 e. The van der Waals surface area contributed by atoms with Gasteiger partial charge in [0.2, 0.25) is 0 Å². The van der Waals surface area contributed by atoms with Crippen molar-refractivity contribution in [1.82, 2.24) is 0 Å². The second kappa shape index (κ2) is 10.1. The summed E-state index contributed by atoms with van der Waals surface area (Å²) in [5.41, 5.74) is 19.8. The van der Waals surface area contributed by atoms with E-state index in [1.54, 1.807) is 0 Å². The van der Waals surface area contributed by atoms with Gasteiger partial charge in [-0.3, -0.25) is 0 Å². The van der Waals surface area contributed by atoms with Gasteiger partial charge in [0.1, 0.15) is 0 Å². The molecule has 0 aromatic carbocycles. The van der Waals surface area contributed by atoms with Gasteiger partial charge in [0.05, 0.1) is 6.54 Å². The van der Waals surface area contributed by atoms with Gasteiger partial charge in [-0.1, -0.05) is 12.8 Å². The molecule has 0 saturated heterocycles. The highest BCUT2D eigenvalue weighted by Crippen LogP contribution is 2.20. The molecule has 0 radical (unpaired) electrons. The van der Waals surface area contributed by atoms with Crippen molar-refractivity contribution >= 4 is 5.71 Å². The topological polar surface area (TPSA) is 88.4 Å². The maximum atomic E-state index is 12.8. The van der Waals surface area contributed by atoms with Crippen molar-refractivity contribution in [3.05, 3.63) is 5.53 Å². The first-order valence-corrected chi connectivity index (χ1v) is 6.53. The third-order valence-electron chi connectivity index (χ3n) is 2.87. The Labute approximate surface area is 107 Å². The van der Waals surface area contributed by atoms with Crippen LogP contribution in [0.5, 0.6) is 0 Å². The van der Waals surface area contributed by atoms with E-state index in [9.17, 15) is 8.78 Å². The van der Waals surface area contributed by atoms with Crippen LogP contribution in [0.4, 0.5) is 8.78 Å². The molecule has 0 aromatic rings. The molecular weight excluding hydrogens is 238 g/mol. The third-order valence-corrected chi connectivity index (χ3v) is 2.87. The third kappa shape index (κ3) is 9.22. The van der Waals surface area contributed by atoms with E-state index in [4.69, 9.17) is 17.0 Å². The number of hydrogen-bond donors (Lipinski definition) is 2. The zero-order valence-corrected chi connectivity index (χ0v) is 10.9. The van der Waals surface area contributed by atoms with Crippen LogP contribution in [0.1, 0.15) is 51.4 Å². The average molecular weight is 262 g/mol. The Kier molecular flexibility index (Phi) is 9.64. The van der Waals surface area contributed by atoms with E-state index in [0.29, 0.717) is 25.8 Å². The van der Waals surface area contributed by atoms with Crippen LogP contribution in [0.25, 0.3) is 5.53 Å². The number of hydrogen-bond acceptors (Lipinski definition) is 2. The second-order valence-corrected chi connectivity index (χ2v) is 4.53. The minimum absolute atomic E-state index is 0.141. The molecule has 0 atom stereocenters. The Bertz CT molecular complexity index is 263. The van der Waals surface area contributed by atoms with E-state index in [1.165, 1.54) is 0 Å². The van der Waals surface area contributed by atoms with Gasteiger partial charge < -0.3 is 17.0 Å². The van der Waals surface area contributed by atoms with Crippen molar-refractivity contribution in [3.8, 4) is 0 Å². The molecule has 0 rings (SSSR count). The molecule has 0 fully saturated rings. The van der Waals surface area contributed by atoms with Gasteiger partial charge in [-0.25, -0.2) is 8.78 Å². The molecule has 0 bridgehead atoms. The van der Waals surface area contributed by atoms with Crippen LogP contribution in [0.15, 0.2) is 0 Å². The molecule has 0 aliphatic heterocycles. The Hall–Kier alpha value is -0.840. The summed E-state index contributed by atoms with van der Waals surface area (Å²) < 4.78 is 25.6. The lowest BCUT2D eigenvalue weighted by atomic mass is 10.0. The van der Waals surface area contributed by atoms with Crippen LogP contribution >= 0.6 is 0 Å². The predicted molar refractivity (Wildman–Crippen MR) is 68.6 cm³/mol. The Balaban J connectivity index is 3.53. The van der Waals surface area contributed by atoms with E-state index in [1.807, 2.05) is 0 Å². The summed E-state index contributed by atoms with van der Waals surface area (Å²) in [6, 6.07) is 0. The molecule has 0 unspecified atom stereocenters. The molecule has 0 aliphatic carbocycles. The summed E-state index contributed by atoms with van der Waals surface area (Å²) in [5, 5.41) is 0. The van der Waals surface area contributed by atoms with Gasteiger partial charge in [0.15, 0.2) is 0 Å². The standard InChI is InChI=1S/C12H24F2N4/c13-12(14,10-16)8-4-2-1-3-6-11(18-17)7-5-9-15/h1-10,15-16H2. The summed E-state index contributed by atoms with van der Waals surface area (Å²) in [4.78, 5) is 3.22. The predicted octanol–water partition coefficient (Wildman–Crippen LogP) is 2.33. The van der Waals surface area contributed by atoms with Crippen LogP contribution < -0.4 is 11.5 Å². The van der Waals surface area contributed by atoms with Crippen molar-refractivity contribution in [2.24, 2.45) is 11.5 Å². The molecule has 0 aromatic heterocycles. The molecule has 0 heterocycles. The van der Waals surface area contributed by atoms with Crippen molar-refractivity contribution < 1.29 is 13.6 Å². The summed E-state index contributed by atoms with van der Waals surface area (Å²) in [7, 11) is 0. The summed E-state index contributed by atoms with van der Waals surface area (Å²) in [6.45, 7) is 0.000594. The van der Waals surface area contributed by atoms with E-state index >= 15 is 0 Å². The first kappa shape index (κ1) is 17.2. The number of unbranched alkanes of at least 4 members (excludes halogenated alkanes) is 3.